The number of hydrogen-bond donors (Lipinski definition) is 1. The lowest BCUT2D eigenvalue weighted by atomic mass is 10.1. The van der Waals surface area contributed by atoms with Crippen LogP contribution in [0.4, 0.5) is 0 Å². The highest BCUT2D eigenvalue weighted by atomic mass is 16.6. The first-order chi connectivity index (χ1) is 9.24. The molecule has 0 aliphatic carbocycles. The van der Waals surface area contributed by atoms with E-state index in [2.05, 4.69) is 4.90 Å². The Kier molecular flexibility index (Phi) is 3.29. The maximum Gasteiger partial charge on any atom is 0.234 e. The molecule has 1 fully saturated rings. The fraction of sp³-hybridized carbons (Fsp3) is 0.500. The van der Waals surface area contributed by atoms with E-state index in [9.17, 15) is 4.79 Å². The van der Waals surface area contributed by atoms with Crippen LogP contribution in [0.5, 0.6) is 11.5 Å². The van der Waals surface area contributed by atoms with Gasteiger partial charge in [0.1, 0.15) is 13.2 Å². The van der Waals surface area contributed by atoms with Gasteiger partial charge in [0.2, 0.25) is 5.91 Å². The van der Waals surface area contributed by atoms with Crippen molar-refractivity contribution in [2.75, 3.05) is 19.8 Å². The first-order valence-corrected chi connectivity index (χ1v) is 6.66. The Morgan fingerprint density at radius 2 is 2.11 bits per heavy atom. The second-order valence-electron chi connectivity index (χ2n) is 5.01. The average molecular weight is 262 g/mol. The van der Waals surface area contributed by atoms with Gasteiger partial charge in [0.05, 0.1) is 6.04 Å². The summed E-state index contributed by atoms with van der Waals surface area (Å²) in [6.07, 6.45) is 1.89. The van der Waals surface area contributed by atoms with Gasteiger partial charge in [0.25, 0.3) is 0 Å². The number of hydrogen-bond acceptors (Lipinski definition) is 4. The van der Waals surface area contributed by atoms with Gasteiger partial charge in [-0.15, -0.1) is 0 Å². The molecule has 19 heavy (non-hydrogen) atoms. The summed E-state index contributed by atoms with van der Waals surface area (Å²) in [5.41, 5.74) is 6.55. The number of amides is 1. The molecule has 2 N–H and O–H groups in total. The summed E-state index contributed by atoms with van der Waals surface area (Å²) in [7, 11) is 0. The zero-order valence-electron chi connectivity index (χ0n) is 10.8. The summed E-state index contributed by atoms with van der Waals surface area (Å²) in [6, 6.07) is 5.81. The first kappa shape index (κ1) is 12.3. The van der Waals surface area contributed by atoms with Crippen LogP contribution in [-0.2, 0) is 11.3 Å². The maximum atomic E-state index is 11.4. The van der Waals surface area contributed by atoms with E-state index in [0.29, 0.717) is 13.2 Å². The van der Waals surface area contributed by atoms with Crippen molar-refractivity contribution in [1.82, 2.24) is 4.90 Å². The van der Waals surface area contributed by atoms with E-state index in [1.807, 2.05) is 18.2 Å². The lowest BCUT2D eigenvalue weighted by molar-refractivity contribution is -0.122. The number of nitrogens with two attached hydrogens (primary N) is 1. The molecule has 2 aliphatic rings. The lowest BCUT2D eigenvalue weighted by Gasteiger charge is -2.23. The van der Waals surface area contributed by atoms with Crippen LogP contribution >= 0.6 is 0 Å². The van der Waals surface area contributed by atoms with Crippen LogP contribution < -0.4 is 15.2 Å². The lowest BCUT2D eigenvalue weighted by Crippen LogP contribution is -2.39. The van der Waals surface area contributed by atoms with Gasteiger partial charge in [0.15, 0.2) is 11.5 Å². The van der Waals surface area contributed by atoms with Crippen molar-refractivity contribution >= 4 is 5.91 Å². The Morgan fingerprint density at radius 1 is 1.32 bits per heavy atom. The Labute approximate surface area is 112 Å². The van der Waals surface area contributed by atoms with Crippen LogP contribution in [0.25, 0.3) is 0 Å². The number of likely N-dealkylation sites (tertiary alicyclic amines) is 1. The molecule has 0 aromatic heterocycles. The molecule has 2 heterocycles. The van der Waals surface area contributed by atoms with Crippen LogP contribution in [0.2, 0.25) is 0 Å². The Balaban J connectivity index is 1.74. The van der Waals surface area contributed by atoms with E-state index >= 15 is 0 Å². The molecule has 5 nitrogen and oxygen atoms in total. The molecule has 0 unspecified atom stereocenters. The van der Waals surface area contributed by atoms with Gasteiger partial charge in [-0.05, 0) is 37.1 Å². The smallest absolute Gasteiger partial charge is 0.234 e. The molecule has 5 heteroatoms. The fourth-order valence-electron chi connectivity index (χ4n) is 2.76. The zero-order valence-corrected chi connectivity index (χ0v) is 10.8. The largest absolute Gasteiger partial charge is 0.486 e. The van der Waals surface area contributed by atoms with Crippen LogP contribution in [0.15, 0.2) is 18.2 Å². The topological polar surface area (TPSA) is 64.8 Å². The Bertz CT molecular complexity index is 490. The van der Waals surface area contributed by atoms with Gasteiger partial charge in [0, 0.05) is 6.54 Å². The quantitative estimate of drug-likeness (QED) is 0.879. The molecule has 102 valence electrons. The Hall–Kier alpha value is -1.75. The second-order valence-corrected chi connectivity index (χ2v) is 5.01. The summed E-state index contributed by atoms with van der Waals surface area (Å²) < 4.78 is 11.1. The van der Waals surface area contributed by atoms with Crippen LogP contribution in [0, 0.1) is 0 Å². The van der Waals surface area contributed by atoms with Crippen molar-refractivity contribution in [3.63, 3.8) is 0 Å². The number of nitrogens with zero attached hydrogens (tertiary/aromatic N) is 1. The third-order valence-electron chi connectivity index (χ3n) is 3.68. The molecule has 1 saturated heterocycles. The van der Waals surface area contributed by atoms with Crippen molar-refractivity contribution in [2.24, 2.45) is 5.73 Å². The maximum absolute atomic E-state index is 11.4. The van der Waals surface area contributed by atoms with E-state index in [0.717, 1.165) is 43.0 Å². The summed E-state index contributed by atoms with van der Waals surface area (Å²) in [5, 5.41) is 0. The van der Waals surface area contributed by atoms with Gasteiger partial charge >= 0.3 is 0 Å². The van der Waals surface area contributed by atoms with Crippen molar-refractivity contribution in [1.29, 1.82) is 0 Å². The number of carbonyl (C=O) groups excluding carboxylic acids is 1. The van der Waals surface area contributed by atoms with Gasteiger partial charge in [-0.3, -0.25) is 9.69 Å². The molecule has 1 aromatic rings. The van der Waals surface area contributed by atoms with E-state index in [1.54, 1.807) is 0 Å². The minimum absolute atomic E-state index is 0.131. The predicted octanol–water partition coefficient (Wildman–Crippen LogP) is 0.907. The van der Waals surface area contributed by atoms with Crippen LogP contribution in [-0.4, -0.2) is 36.6 Å². The van der Waals surface area contributed by atoms with Crippen molar-refractivity contribution in [2.45, 2.75) is 25.4 Å². The van der Waals surface area contributed by atoms with Crippen molar-refractivity contribution in [3.8, 4) is 11.5 Å². The summed E-state index contributed by atoms with van der Waals surface area (Å²) in [5.74, 6) is 1.36. The third-order valence-corrected chi connectivity index (χ3v) is 3.68. The SMILES string of the molecule is NC(=O)[C@H]1CCCN1Cc1ccc2c(c1)OCCO2. The van der Waals surface area contributed by atoms with Crippen molar-refractivity contribution < 1.29 is 14.3 Å². The molecule has 1 aromatic carbocycles. The molecule has 0 saturated carbocycles. The second kappa shape index (κ2) is 5.09. The summed E-state index contributed by atoms with van der Waals surface area (Å²) in [6.45, 7) is 2.83. The highest BCUT2D eigenvalue weighted by Crippen LogP contribution is 2.31. The number of primary amides is 1. The van der Waals surface area contributed by atoms with Gasteiger partial charge in [-0.1, -0.05) is 6.07 Å². The van der Waals surface area contributed by atoms with E-state index < -0.39 is 0 Å². The van der Waals surface area contributed by atoms with Crippen LogP contribution in [0.3, 0.4) is 0 Å². The van der Waals surface area contributed by atoms with Crippen LogP contribution in [0.1, 0.15) is 18.4 Å². The molecule has 1 amide bonds. The van der Waals surface area contributed by atoms with Crippen molar-refractivity contribution in [3.05, 3.63) is 23.8 Å². The third kappa shape index (κ3) is 2.51. The highest BCUT2D eigenvalue weighted by molar-refractivity contribution is 5.80. The number of carbonyl (C=O) groups is 1. The number of rotatable bonds is 3. The minimum atomic E-state index is -0.227. The van der Waals surface area contributed by atoms with Gasteiger partial charge in [-0.25, -0.2) is 0 Å². The van der Waals surface area contributed by atoms with E-state index in [4.69, 9.17) is 15.2 Å². The first-order valence-electron chi connectivity index (χ1n) is 6.66. The fourth-order valence-corrected chi connectivity index (χ4v) is 2.76. The average Bonchev–Trinajstić information content (AvgIpc) is 2.87. The predicted molar refractivity (Wildman–Crippen MR) is 70.1 cm³/mol. The summed E-state index contributed by atoms with van der Waals surface area (Å²) in [4.78, 5) is 13.5. The molecular formula is C14H18N2O3. The van der Waals surface area contributed by atoms with Gasteiger partial charge in [-0.2, -0.15) is 0 Å². The number of benzene rings is 1. The molecule has 0 radical (unpaired) electrons. The van der Waals surface area contributed by atoms with E-state index in [-0.39, 0.29) is 11.9 Å². The molecule has 3 rings (SSSR count). The van der Waals surface area contributed by atoms with Gasteiger partial charge < -0.3 is 15.2 Å². The molecule has 1 atom stereocenters. The number of fused-ring (bicyclic) bond motifs is 1. The van der Waals surface area contributed by atoms with E-state index in [1.165, 1.54) is 0 Å². The molecule has 0 spiro atoms. The zero-order chi connectivity index (χ0) is 13.2. The molecule has 2 aliphatic heterocycles. The number of ether oxygens (including phenoxy) is 2. The summed E-state index contributed by atoms with van der Waals surface area (Å²) >= 11 is 0. The monoisotopic (exact) mass is 262 g/mol. The molecular weight excluding hydrogens is 244 g/mol. The highest BCUT2D eigenvalue weighted by Gasteiger charge is 2.29. The minimum Gasteiger partial charge on any atom is -0.486 e. The standard InChI is InChI=1S/C14H18N2O3/c15-14(17)11-2-1-5-16(11)9-10-3-4-12-13(8-10)19-7-6-18-12/h3-4,8,11H,1-2,5-7,9H2,(H2,15,17)/t11-/m1/s1. The normalized spacial score (nSPS) is 22.4. The molecule has 0 bridgehead atoms. The Morgan fingerprint density at radius 3 is 2.89 bits per heavy atom.